The zero-order valence-corrected chi connectivity index (χ0v) is 18.3. The van der Waals surface area contributed by atoms with E-state index in [1.54, 1.807) is 6.07 Å². The zero-order valence-electron chi connectivity index (χ0n) is 18.3. The summed E-state index contributed by atoms with van der Waals surface area (Å²) in [4.78, 5) is 12.9. The fourth-order valence-corrected chi connectivity index (χ4v) is 4.00. The molecule has 0 saturated carbocycles. The molecule has 1 aliphatic heterocycles. The molecular formula is C25H20O10. The van der Waals surface area contributed by atoms with Crippen molar-refractivity contribution in [3.05, 3.63) is 64.3 Å². The molecule has 0 radical (unpaired) electrons. The van der Waals surface area contributed by atoms with Crippen molar-refractivity contribution in [2.75, 3.05) is 13.7 Å². The number of aromatic hydroxyl groups is 4. The second-order valence-corrected chi connectivity index (χ2v) is 7.91. The summed E-state index contributed by atoms with van der Waals surface area (Å²) in [6.07, 6.45) is -1.78. The summed E-state index contributed by atoms with van der Waals surface area (Å²) in [5.74, 6) is -0.927. The fraction of sp³-hybridized carbons (Fsp3) is 0.160. The van der Waals surface area contributed by atoms with Crippen molar-refractivity contribution in [2.45, 2.75) is 12.2 Å². The molecule has 1 aliphatic rings. The van der Waals surface area contributed by atoms with Crippen LogP contribution in [0.5, 0.6) is 40.2 Å². The lowest BCUT2D eigenvalue weighted by molar-refractivity contribution is -0.0119. The Kier molecular flexibility index (Phi) is 5.29. The van der Waals surface area contributed by atoms with E-state index < -0.39 is 35.7 Å². The fourth-order valence-electron chi connectivity index (χ4n) is 4.00. The van der Waals surface area contributed by atoms with Crippen LogP contribution in [0.25, 0.3) is 22.3 Å². The largest absolute Gasteiger partial charge is 0.507 e. The van der Waals surface area contributed by atoms with E-state index in [2.05, 4.69) is 0 Å². The van der Waals surface area contributed by atoms with Crippen LogP contribution >= 0.6 is 0 Å². The summed E-state index contributed by atoms with van der Waals surface area (Å²) < 4.78 is 23.1. The summed E-state index contributed by atoms with van der Waals surface area (Å²) in [5.41, 5.74) is 0.124. The van der Waals surface area contributed by atoms with Crippen LogP contribution in [0.1, 0.15) is 11.7 Å². The standard InChI is InChI=1S/C25H20O10/c1-32-19-7-12(3-5-14(19)28)23-21(10-26)35-24-20(34-23)9-17(31)22-16(30)8-18(33-25(22)24)11-2-4-13(27)15(29)6-11/h2-9,21,23,26-29,31H,10H2,1H3. The summed E-state index contributed by atoms with van der Waals surface area (Å²) in [5, 5.41) is 49.8. The van der Waals surface area contributed by atoms with Crippen molar-refractivity contribution in [2.24, 2.45) is 0 Å². The number of aliphatic hydroxyl groups is 1. The molecule has 0 spiro atoms. The van der Waals surface area contributed by atoms with Gasteiger partial charge in [-0.05, 0) is 30.3 Å². The molecule has 10 heteroatoms. The Morgan fingerprint density at radius 1 is 0.886 bits per heavy atom. The van der Waals surface area contributed by atoms with Crippen LogP contribution in [0, 0.1) is 0 Å². The quantitative estimate of drug-likeness (QED) is 0.275. The highest BCUT2D eigenvalue weighted by molar-refractivity contribution is 5.92. The monoisotopic (exact) mass is 480 g/mol. The first-order chi connectivity index (χ1) is 16.8. The van der Waals surface area contributed by atoms with E-state index in [1.165, 1.54) is 43.5 Å². The second-order valence-electron chi connectivity index (χ2n) is 7.91. The van der Waals surface area contributed by atoms with Gasteiger partial charge in [0.1, 0.15) is 16.9 Å². The molecule has 2 unspecified atom stereocenters. The van der Waals surface area contributed by atoms with Crippen LogP contribution in [0.4, 0.5) is 0 Å². The van der Waals surface area contributed by atoms with Crippen molar-refractivity contribution < 1.29 is 44.2 Å². The van der Waals surface area contributed by atoms with Gasteiger partial charge in [-0.2, -0.15) is 0 Å². The number of phenolic OH excluding ortho intramolecular Hbond substituents is 4. The maximum Gasteiger partial charge on any atom is 0.205 e. The van der Waals surface area contributed by atoms with Gasteiger partial charge >= 0.3 is 0 Å². The smallest absolute Gasteiger partial charge is 0.205 e. The van der Waals surface area contributed by atoms with Gasteiger partial charge < -0.3 is 44.2 Å². The van der Waals surface area contributed by atoms with E-state index in [0.29, 0.717) is 11.1 Å². The predicted molar refractivity (Wildman–Crippen MR) is 122 cm³/mol. The van der Waals surface area contributed by atoms with Crippen molar-refractivity contribution in [1.29, 1.82) is 0 Å². The molecule has 1 aromatic heterocycles. The van der Waals surface area contributed by atoms with Gasteiger partial charge in [0.15, 0.2) is 52.0 Å². The number of benzene rings is 3. The van der Waals surface area contributed by atoms with Gasteiger partial charge in [-0.25, -0.2) is 0 Å². The first-order valence-electron chi connectivity index (χ1n) is 10.5. The molecular weight excluding hydrogens is 460 g/mol. The number of rotatable bonds is 4. The Hall–Kier alpha value is -4.57. The lowest BCUT2D eigenvalue weighted by Gasteiger charge is -2.33. The summed E-state index contributed by atoms with van der Waals surface area (Å²) in [7, 11) is 1.40. The summed E-state index contributed by atoms with van der Waals surface area (Å²) in [6.45, 7) is -0.467. The van der Waals surface area contributed by atoms with Gasteiger partial charge in [0.05, 0.1) is 13.7 Å². The molecule has 2 atom stereocenters. The summed E-state index contributed by atoms with van der Waals surface area (Å²) >= 11 is 0. The molecule has 5 rings (SSSR count). The Morgan fingerprint density at radius 2 is 1.66 bits per heavy atom. The normalized spacial score (nSPS) is 16.9. The van der Waals surface area contributed by atoms with Crippen LogP contribution in [-0.2, 0) is 0 Å². The third-order valence-corrected chi connectivity index (χ3v) is 5.73. The first kappa shape index (κ1) is 22.2. The minimum atomic E-state index is -0.934. The van der Waals surface area contributed by atoms with Crippen molar-refractivity contribution in [3.8, 4) is 51.6 Å². The Balaban J connectivity index is 1.66. The minimum Gasteiger partial charge on any atom is -0.507 e. The number of fused-ring (bicyclic) bond motifs is 3. The predicted octanol–water partition coefficient (Wildman–Crippen LogP) is 3.16. The number of phenols is 4. The molecule has 180 valence electrons. The molecule has 0 amide bonds. The molecule has 4 aromatic rings. The lowest BCUT2D eigenvalue weighted by atomic mass is 10.0. The highest BCUT2D eigenvalue weighted by atomic mass is 16.6. The van der Waals surface area contributed by atoms with Gasteiger partial charge in [0.25, 0.3) is 0 Å². The van der Waals surface area contributed by atoms with Gasteiger partial charge in [0.2, 0.25) is 5.75 Å². The molecule has 3 aromatic carbocycles. The second kappa shape index (κ2) is 8.33. The Morgan fingerprint density at radius 3 is 2.37 bits per heavy atom. The van der Waals surface area contributed by atoms with Crippen molar-refractivity contribution in [3.63, 3.8) is 0 Å². The lowest BCUT2D eigenvalue weighted by Crippen LogP contribution is -2.36. The third kappa shape index (κ3) is 3.69. The van der Waals surface area contributed by atoms with Gasteiger partial charge in [-0.3, -0.25) is 4.79 Å². The van der Waals surface area contributed by atoms with Crippen LogP contribution in [0.2, 0.25) is 0 Å². The third-order valence-electron chi connectivity index (χ3n) is 5.73. The van der Waals surface area contributed by atoms with Crippen LogP contribution in [-0.4, -0.2) is 45.4 Å². The topological polar surface area (TPSA) is 159 Å². The van der Waals surface area contributed by atoms with Gasteiger partial charge in [-0.1, -0.05) is 6.07 Å². The van der Waals surface area contributed by atoms with E-state index in [9.17, 15) is 30.3 Å². The Bertz CT molecular complexity index is 1510. The van der Waals surface area contributed by atoms with E-state index in [1.807, 2.05) is 0 Å². The number of hydrogen-bond donors (Lipinski definition) is 5. The molecule has 0 aliphatic carbocycles. The van der Waals surface area contributed by atoms with Gasteiger partial charge in [-0.15, -0.1) is 0 Å². The highest BCUT2D eigenvalue weighted by Gasteiger charge is 2.36. The van der Waals surface area contributed by atoms with E-state index in [0.717, 1.165) is 6.07 Å². The molecule has 10 nitrogen and oxygen atoms in total. The number of hydrogen-bond acceptors (Lipinski definition) is 10. The van der Waals surface area contributed by atoms with E-state index in [-0.39, 0.29) is 45.5 Å². The van der Waals surface area contributed by atoms with Crippen molar-refractivity contribution in [1.82, 2.24) is 0 Å². The number of aliphatic hydroxyl groups excluding tert-OH is 1. The average molecular weight is 480 g/mol. The van der Waals surface area contributed by atoms with Crippen molar-refractivity contribution >= 4 is 11.0 Å². The molecule has 5 N–H and O–H groups in total. The maximum atomic E-state index is 12.9. The maximum absolute atomic E-state index is 12.9. The zero-order chi connectivity index (χ0) is 24.9. The van der Waals surface area contributed by atoms with Crippen LogP contribution in [0.15, 0.2) is 57.7 Å². The minimum absolute atomic E-state index is 0.000735. The molecule has 35 heavy (non-hydrogen) atoms. The molecule has 0 fully saturated rings. The number of methoxy groups -OCH3 is 1. The van der Waals surface area contributed by atoms with Crippen LogP contribution < -0.4 is 19.6 Å². The average Bonchev–Trinajstić information content (AvgIpc) is 2.85. The van der Waals surface area contributed by atoms with E-state index >= 15 is 0 Å². The Labute approximate surface area is 197 Å². The SMILES string of the molecule is COc1cc(C2Oc3cc(O)c4c(=O)cc(-c5ccc(O)c(O)c5)oc4c3OC2CO)ccc1O. The van der Waals surface area contributed by atoms with E-state index in [4.69, 9.17) is 18.6 Å². The molecule has 0 saturated heterocycles. The highest BCUT2D eigenvalue weighted by Crippen LogP contribution is 2.48. The first-order valence-corrected chi connectivity index (χ1v) is 10.5. The summed E-state index contributed by atoms with van der Waals surface area (Å²) in [6, 6.07) is 10.8. The van der Waals surface area contributed by atoms with Gasteiger partial charge in [0, 0.05) is 23.3 Å². The van der Waals surface area contributed by atoms with Crippen LogP contribution in [0.3, 0.4) is 0 Å². The molecule has 0 bridgehead atoms. The number of ether oxygens (including phenoxy) is 3. The molecule has 2 heterocycles.